The average Bonchev–Trinajstić information content (AvgIpc) is 2.51. The fourth-order valence-corrected chi connectivity index (χ4v) is 2.44. The maximum Gasteiger partial charge on any atom is 0.325 e. The Morgan fingerprint density at radius 2 is 2.09 bits per heavy atom. The number of benzene rings is 1. The molecular weight excluding hydrogens is 346 g/mol. The molecule has 0 aliphatic carbocycles. The molecule has 22 heavy (non-hydrogen) atoms. The summed E-state index contributed by atoms with van der Waals surface area (Å²) in [5.41, 5.74) is 7.71. The third-order valence-corrected chi connectivity index (χ3v) is 3.51. The van der Waals surface area contributed by atoms with Gasteiger partial charge in [-0.15, -0.1) is 0 Å². The van der Waals surface area contributed by atoms with E-state index in [2.05, 4.69) is 20.9 Å². The van der Waals surface area contributed by atoms with E-state index >= 15 is 0 Å². The van der Waals surface area contributed by atoms with E-state index in [0.29, 0.717) is 19.0 Å². The average molecular weight is 364 g/mol. The number of carbonyl (C=O) groups is 1. The van der Waals surface area contributed by atoms with Crippen LogP contribution in [0.4, 0.5) is 11.5 Å². The predicted octanol–water partition coefficient (Wildman–Crippen LogP) is 3.00. The molecule has 0 bridgehead atoms. The van der Waals surface area contributed by atoms with E-state index < -0.39 is 0 Å². The van der Waals surface area contributed by atoms with Crippen LogP contribution in [0.3, 0.4) is 0 Å². The molecule has 0 radical (unpaired) electrons. The van der Waals surface area contributed by atoms with Crippen molar-refractivity contribution in [3.63, 3.8) is 0 Å². The van der Waals surface area contributed by atoms with Gasteiger partial charge in [-0.2, -0.15) is 0 Å². The lowest BCUT2D eigenvalue weighted by Gasteiger charge is -2.24. The van der Waals surface area contributed by atoms with E-state index in [1.807, 2.05) is 41.3 Å². The number of pyridine rings is 1. The Morgan fingerprint density at radius 1 is 1.36 bits per heavy atom. The van der Waals surface area contributed by atoms with Crippen LogP contribution in [0, 0.1) is 0 Å². The summed E-state index contributed by atoms with van der Waals surface area (Å²) in [6, 6.07) is 11.6. The normalized spacial score (nSPS) is 10.3. The van der Waals surface area contributed by atoms with Crippen molar-refractivity contribution < 1.29 is 9.53 Å². The van der Waals surface area contributed by atoms with Crippen LogP contribution in [-0.2, 0) is 16.1 Å². The zero-order chi connectivity index (χ0) is 15.9. The fraction of sp³-hybridized carbons (Fsp3) is 0.250. The van der Waals surface area contributed by atoms with Crippen LogP contribution < -0.4 is 10.6 Å². The summed E-state index contributed by atoms with van der Waals surface area (Å²) < 4.78 is 5.90. The highest BCUT2D eigenvalue weighted by Gasteiger charge is 2.15. The molecule has 0 spiro atoms. The Kier molecular flexibility index (Phi) is 5.77. The summed E-state index contributed by atoms with van der Waals surface area (Å²) in [6.45, 7) is 2.79. The third kappa shape index (κ3) is 4.46. The molecule has 1 aromatic heterocycles. The van der Waals surface area contributed by atoms with Gasteiger partial charge in [0.25, 0.3) is 0 Å². The van der Waals surface area contributed by atoms with Gasteiger partial charge in [0.15, 0.2) is 0 Å². The van der Waals surface area contributed by atoms with E-state index in [1.54, 1.807) is 13.1 Å². The molecule has 1 heterocycles. The predicted molar refractivity (Wildman–Crippen MR) is 90.5 cm³/mol. The van der Waals surface area contributed by atoms with Crippen molar-refractivity contribution in [1.82, 2.24) is 4.98 Å². The molecule has 1 aromatic carbocycles. The van der Waals surface area contributed by atoms with E-state index in [4.69, 9.17) is 10.5 Å². The first-order chi connectivity index (χ1) is 10.6. The number of anilines is 2. The first-order valence-electron chi connectivity index (χ1n) is 6.95. The topological polar surface area (TPSA) is 68.5 Å². The number of para-hydroxylation sites is 1. The summed E-state index contributed by atoms with van der Waals surface area (Å²) in [5.74, 6) is 0.181. The van der Waals surface area contributed by atoms with E-state index in [9.17, 15) is 4.79 Å². The molecule has 6 heteroatoms. The first kappa shape index (κ1) is 16.3. The van der Waals surface area contributed by atoms with Gasteiger partial charge < -0.3 is 15.4 Å². The Balaban J connectivity index is 2.24. The smallest absolute Gasteiger partial charge is 0.325 e. The van der Waals surface area contributed by atoms with E-state index in [1.165, 1.54) is 0 Å². The number of rotatable bonds is 6. The minimum atomic E-state index is -0.270. The summed E-state index contributed by atoms with van der Waals surface area (Å²) >= 11 is 3.39. The SMILES string of the molecule is CCOC(=O)CN(Cc1cc(Br)cnc1N)c1ccccc1. The highest BCUT2D eigenvalue weighted by molar-refractivity contribution is 9.10. The second kappa shape index (κ2) is 7.79. The summed E-state index contributed by atoms with van der Waals surface area (Å²) in [5, 5.41) is 0. The van der Waals surface area contributed by atoms with Crippen LogP contribution in [0.1, 0.15) is 12.5 Å². The Bertz CT molecular complexity index is 635. The van der Waals surface area contributed by atoms with Gasteiger partial charge >= 0.3 is 5.97 Å². The largest absolute Gasteiger partial charge is 0.465 e. The fourth-order valence-electron chi connectivity index (χ4n) is 2.06. The molecular formula is C16H18BrN3O2. The molecule has 0 aliphatic heterocycles. The summed E-state index contributed by atoms with van der Waals surface area (Å²) in [4.78, 5) is 17.9. The van der Waals surface area contributed by atoms with Gasteiger partial charge in [-0.25, -0.2) is 4.98 Å². The summed E-state index contributed by atoms with van der Waals surface area (Å²) in [7, 11) is 0. The molecule has 116 valence electrons. The van der Waals surface area contributed by atoms with Crippen molar-refractivity contribution in [2.24, 2.45) is 0 Å². The molecule has 0 saturated heterocycles. The molecule has 0 atom stereocenters. The second-order valence-corrected chi connectivity index (χ2v) is 5.61. The van der Waals surface area contributed by atoms with Crippen molar-refractivity contribution in [1.29, 1.82) is 0 Å². The number of aromatic nitrogens is 1. The van der Waals surface area contributed by atoms with Crippen LogP contribution in [0.15, 0.2) is 47.1 Å². The lowest BCUT2D eigenvalue weighted by atomic mass is 10.2. The van der Waals surface area contributed by atoms with E-state index in [0.717, 1.165) is 15.7 Å². The van der Waals surface area contributed by atoms with Gasteiger partial charge in [-0.1, -0.05) is 18.2 Å². The number of halogens is 1. The maximum absolute atomic E-state index is 11.8. The zero-order valence-corrected chi connectivity index (χ0v) is 13.9. The third-order valence-electron chi connectivity index (χ3n) is 3.08. The molecule has 0 amide bonds. The molecule has 2 N–H and O–H groups in total. The van der Waals surface area contributed by atoms with Gasteiger partial charge in [0.1, 0.15) is 12.4 Å². The number of nitrogen functional groups attached to an aromatic ring is 1. The van der Waals surface area contributed by atoms with E-state index in [-0.39, 0.29) is 12.5 Å². The van der Waals surface area contributed by atoms with Crippen LogP contribution >= 0.6 is 15.9 Å². The quantitative estimate of drug-likeness (QED) is 0.798. The van der Waals surface area contributed by atoms with Gasteiger partial charge in [-0.3, -0.25) is 4.79 Å². The van der Waals surface area contributed by atoms with Crippen LogP contribution in [-0.4, -0.2) is 24.1 Å². The Labute approximate surface area is 138 Å². The van der Waals surface area contributed by atoms with Gasteiger partial charge in [-0.05, 0) is 41.1 Å². The van der Waals surface area contributed by atoms with Gasteiger partial charge in [0.05, 0.1) is 6.61 Å². The monoisotopic (exact) mass is 363 g/mol. The lowest BCUT2D eigenvalue weighted by Crippen LogP contribution is -2.31. The highest BCUT2D eigenvalue weighted by atomic mass is 79.9. The van der Waals surface area contributed by atoms with Crippen molar-refractivity contribution in [2.75, 3.05) is 23.8 Å². The number of ether oxygens (including phenoxy) is 1. The van der Waals surface area contributed by atoms with Crippen LogP contribution in [0.5, 0.6) is 0 Å². The first-order valence-corrected chi connectivity index (χ1v) is 7.75. The number of hydrogen-bond donors (Lipinski definition) is 1. The molecule has 2 aromatic rings. The molecule has 0 saturated carbocycles. The Hall–Kier alpha value is -2.08. The number of nitrogens with two attached hydrogens (primary N) is 1. The highest BCUT2D eigenvalue weighted by Crippen LogP contribution is 2.21. The molecule has 5 nitrogen and oxygen atoms in total. The molecule has 0 unspecified atom stereocenters. The van der Waals surface area contributed by atoms with Crippen molar-refractivity contribution in [3.05, 3.63) is 52.6 Å². The van der Waals surface area contributed by atoms with Crippen LogP contribution in [0.25, 0.3) is 0 Å². The number of hydrogen-bond acceptors (Lipinski definition) is 5. The Morgan fingerprint density at radius 3 is 2.77 bits per heavy atom. The lowest BCUT2D eigenvalue weighted by molar-refractivity contribution is -0.141. The minimum Gasteiger partial charge on any atom is -0.465 e. The zero-order valence-electron chi connectivity index (χ0n) is 12.3. The second-order valence-electron chi connectivity index (χ2n) is 4.69. The van der Waals surface area contributed by atoms with Gasteiger partial charge in [0, 0.05) is 28.5 Å². The van der Waals surface area contributed by atoms with Crippen molar-refractivity contribution in [2.45, 2.75) is 13.5 Å². The summed E-state index contributed by atoms with van der Waals surface area (Å²) in [6.07, 6.45) is 1.65. The molecule has 0 aliphatic rings. The molecule has 2 rings (SSSR count). The standard InChI is InChI=1S/C16H18BrN3O2/c1-2-22-15(21)11-20(14-6-4-3-5-7-14)10-12-8-13(17)9-19-16(12)18/h3-9H,2,10-11H2,1H3,(H2,18,19). The van der Waals surface area contributed by atoms with Crippen LogP contribution in [0.2, 0.25) is 0 Å². The maximum atomic E-state index is 11.8. The van der Waals surface area contributed by atoms with Crippen molar-refractivity contribution >= 4 is 33.4 Å². The number of esters is 1. The number of carbonyl (C=O) groups excluding carboxylic acids is 1. The van der Waals surface area contributed by atoms with Gasteiger partial charge in [0.2, 0.25) is 0 Å². The minimum absolute atomic E-state index is 0.157. The van der Waals surface area contributed by atoms with Crippen molar-refractivity contribution in [3.8, 4) is 0 Å². The number of nitrogens with zero attached hydrogens (tertiary/aromatic N) is 2. The molecule has 0 fully saturated rings.